The first-order valence-corrected chi connectivity index (χ1v) is 4.00. The predicted octanol–water partition coefficient (Wildman–Crippen LogP) is 0.520. The largest absolute Gasteiger partial charge is 0.462 e. The summed E-state index contributed by atoms with van der Waals surface area (Å²) in [6.07, 6.45) is -0.0655. The fourth-order valence-corrected chi connectivity index (χ4v) is 0.626. The van der Waals surface area contributed by atoms with E-state index in [-0.39, 0.29) is 18.1 Å². The van der Waals surface area contributed by atoms with Crippen LogP contribution >= 0.6 is 0 Å². The van der Waals surface area contributed by atoms with Crippen molar-refractivity contribution in [3.63, 3.8) is 0 Å². The monoisotopic (exact) mass is 175 g/mol. The summed E-state index contributed by atoms with van der Waals surface area (Å²) in [5.41, 5.74) is 0. The number of rotatable bonds is 5. The van der Waals surface area contributed by atoms with E-state index in [1.165, 1.54) is 0 Å². The number of esters is 1. The molecule has 0 saturated carbocycles. The van der Waals surface area contributed by atoms with E-state index in [0.29, 0.717) is 6.73 Å². The molecule has 0 aliphatic heterocycles. The van der Waals surface area contributed by atoms with Crippen molar-refractivity contribution >= 4 is 5.97 Å². The van der Waals surface area contributed by atoms with Crippen molar-refractivity contribution in [3.05, 3.63) is 0 Å². The maximum absolute atomic E-state index is 11.1. The van der Waals surface area contributed by atoms with Crippen LogP contribution in [0.4, 0.5) is 0 Å². The number of methoxy groups -OCH3 is 1. The lowest BCUT2D eigenvalue weighted by molar-refractivity contribution is -0.149. The Morgan fingerprint density at radius 2 is 2.00 bits per heavy atom. The molecule has 0 bridgehead atoms. The molecule has 0 spiro atoms. The van der Waals surface area contributed by atoms with Gasteiger partial charge in [0.25, 0.3) is 0 Å². The van der Waals surface area contributed by atoms with E-state index >= 15 is 0 Å². The zero-order chi connectivity index (χ0) is 9.56. The van der Waals surface area contributed by atoms with Crippen molar-refractivity contribution in [2.45, 2.75) is 32.9 Å². The van der Waals surface area contributed by atoms with E-state index in [1.54, 1.807) is 14.0 Å². The van der Waals surface area contributed by atoms with Gasteiger partial charge in [0.1, 0.15) is 6.04 Å². The number of hydrogen-bond acceptors (Lipinski definition) is 4. The summed E-state index contributed by atoms with van der Waals surface area (Å²) < 4.78 is 9.70. The Morgan fingerprint density at radius 1 is 1.42 bits per heavy atom. The van der Waals surface area contributed by atoms with Gasteiger partial charge in [0.15, 0.2) is 0 Å². The summed E-state index contributed by atoms with van der Waals surface area (Å²) in [4.78, 5) is 11.1. The van der Waals surface area contributed by atoms with E-state index < -0.39 is 0 Å². The quantitative estimate of drug-likeness (QED) is 0.489. The van der Waals surface area contributed by atoms with E-state index in [2.05, 4.69) is 5.32 Å². The molecule has 4 nitrogen and oxygen atoms in total. The Morgan fingerprint density at radius 3 is 2.42 bits per heavy atom. The summed E-state index contributed by atoms with van der Waals surface area (Å²) in [7, 11) is 1.56. The summed E-state index contributed by atoms with van der Waals surface area (Å²) >= 11 is 0. The topological polar surface area (TPSA) is 47.6 Å². The molecule has 0 aromatic heterocycles. The first-order valence-electron chi connectivity index (χ1n) is 4.00. The highest BCUT2D eigenvalue weighted by Crippen LogP contribution is 1.93. The van der Waals surface area contributed by atoms with Gasteiger partial charge in [0.2, 0.25) is 0 Å². The van der Waals surface area contributed by atoms with Crippen molar-refractivity contribution in [2.24, 2.45) is 0 Å². The standard InChI is InChI=1S/C8H17NO3/c1-6(2)12-8(10)7(3)9-5-11-4/h6-7,9H,5H2,1-4H3. The Balaban J connectivity index is 3.61. The minimum atomic E-state index is -0.313. The van der Waals surface area contributed by atoms with Crippen LogP contribution in [0.1, 0.15) is 20.8 Å². The van der Waals surface area contributed by atoms with Gasteiger partial charge in [-0.1, -0.05) is 0 Å². The third-order valence-corrected chi connectivity index (χ3v) is 1.24. The van der Waals surface area contributed by atoms with Crippen LogP contribution in [-0.2, 0) is 14.3 Å². The molecular weight excluding hydrogens is 158 g/mol. The Hall–Kier alpha value is -0.610. The molecule has 0 saturated heterocycles. The van der Waals surface area contributed by atoms with Crippen LogP contribution < -0.4 is 5.32 Å². The molecule has 72 valence electrons. The van der Waals surface area contributed by atoms with E-state index in [0.717, 1.165) is 0 Å². The maximum atomic E-state index is 11.1. The molecule has 0 aliphatic carbocycles. The molecular formula is C8H17NO3. The van der Waals surface area contributed by atoms with Gasteiger partial charge in [-0.05, 0) is 20.8 Å². The zero-order valence-corrected chi connectivity index (χ0v) is 8.09. The SMILES string of the molecule is COCNC(C)C(=O)OC(C)C. The normalized spacial score (nSPS) is 13.1. The van der Waals surface area contributed by atoms with Crippen LogP contribution in [-0.4, -0.2) is 32.0 Å². The van der Waals surface area contributed by atoms with Crippen LogP contribution in [0, 0.1) is 0 Å². The molecule has 0 amide bonds. The number of hydrogen-bond donors (Lipinski definition) is 1. The lowest BCUT2D eigenvalue weighted by atomic mass is 10.3. The van der Waals surface area contributed by atoms with Crippen molar-refractivity contribution in [1.82, 2.24) is 5.32 Å². The molecule has 4 heteroatoms. The fraction of sp³-hybridized carbons (Fsp3) is 0.875. The van der Waals surface area contributed by atoms with Crippen LogP contribution in [0.15, 0.2) is 0 Å². The molecule has 1 N–H and O–H groups in total. The Kier molecular flexibility index (Phi) is 5.66. The maximum Gasteiger partial charge on any atom is 0.323 e. The number of carbonyl (C=O) groups is 1. The molecule has 0 rings (SSSR count). The summed E-state index contributed by atoms with van der Waals surface area (Å²) in [5.74, 6) is -0.248. The van der Waals surface area contributed by atoms with Gasteiger partial charge in [0.05, 0.1) is 12.8 Å². The van der Waals surface area contributed by atoms with Gasteiger partial charge in [-0.3, -0.25) is 10.1 Å². The summed E-state index contributed by atoms with van der Waals surface area (Å²) in [5, 5.41) is 2.84. The first-order chi connectivity index (χ1) is 5.57. The second-order valence-corrected chi connectivity index (χ2v) is 2.84. The van der Waals surface area contributed by atoms with Gasteiger partial charge in [-0.15, -0.1) is 0 Å². The van der Waals surface area contributed by atoms with Gasteiger partial charge in [-0.25, -0.2) is 0 Å². The van der Waals surface area contributed by atoms with E-state index in [9.17, 15) is 4.79 Å². The average Bonchev–Trinajstić information content (AvgIpc) is 1.98. The van der Waals surface area contributed by atoms with Crippen LogP contribution in [0.2, 0.25) is 0 Å². The molecule has 1 atom stereocenters. The van der Waals surface area contributed by atoms with Gasteiger partial charge in [-0.2, -0.15) is 0 Å². The minimum absolute atomic E-state index is 0.0655. The molecule has 0 aromatic rings. The highest BCUT2D eigenvalue weighted by atomic mass is 16.5. The smallest absolute Gasteiger partial charge is 0.323 e. The second-order valence-electron chi connectivity index (χ2n) is 2.84. The number of nitrogens with one attached hydrogen (secondary N) is 1. The van der Waals surface area contributed by atoms with Crippen LogP contribution in [0.25, 0.3) is 0 Å². The minimum Gasteiger partial charge on any atom is -0.462 e. The lowest BCUT2D eigenvalue weighted by Gasteiger charge is -2.14. The van der Waals surface area contributed by atoms with Crippen molar-refractivity contribution in [2.75, 3.05) is 13.8 Å². The second kappa shape index (κ2) is 5.97. The molecule has 0 aromatic carbocycles. The molecule has 0 radical (unpaired) electrons. The van der Waals surface area contributed by atoms with Gasteiger partial charge >= 0.3 is 5.97 Å². The Labute approximate surface area is 73.2 Å². The van der Waals surface area contributed by atoms with Crippen LogP contribution in [0.5, 0.6) is 0 Å². The predicted molar refractivity (Wildman–Crippen MR) is 45.7 cm³/mol. The fourth-order valence-electron chi connectivity index (χ4n) is 0.626. The molecule has 0 fully saturated rings. The highest BCUT2D eigenvalue weighted by molar-refractivity contribution is 5.75. The lowest BCUT2D eigenvalue weighted by Crippen LogP contribution is -2.37. The van der Waals surface area contributed by atoms with Crippen molar-refractivity contribution in [1.29, 1.82) is 0 Å². The van der Waals surface area contributed by atoms with Gasteiger partial charge in [0, 0.05) is 7.11 Å². The zero-order valence-electron chi connectivity index (χ0n) is 8.09. The van der Waals surface area contributed by atoms with Crippen molar-refractivity contribution < 1.29 is 14.3 Å². The Bertz CT molecular complexity index is 136. The van der Waals surface area contributed by atoms with E-state index in [4.69, 9.17) is 9.47 Å². The third kappa shape index (κ3) is 5.09. The number of ether oxygens (including phenoxy) is 2. The molecule has 12 heavy (non-hydrogen) atoms. The first kappa shape index (κ1) is 11.4. The third-order valence-electron chi connectivity index (χ3n) is 1.24. The van der Waals surface area contributed by atoms with Crippen LogP contribution in [0.3, 0.4) is 0 Å². The summed E-state index contributed by atoms with van der Waals surface area (Å²) in [6.45, 7) is 5.74. The highest BCUT2D eigenvalue weighted by Gasteiger charge is 2.14. The van der Waals surface area contributed by atoms with Gasteiger partial charge < -0.3 is 9.47 Å². The number of carbonyl (C=O) groups excluding carboxylic acids is 1. The molecule has 1 unspecified atom stereocenters. The van der Waals surface area contributed by atoms with Crippen molar-refractivity contribution in [3.8, 4) is 0 Å². The molecule has 0 aliphatic rings. The average molecular weight is 175 g/mol. The van der Waals surface area contributed by atoms with E-state index in [1.807, 2.05) is 13.8 Å². The summed E-state index contributed by atoms with van der Waals surface area (Å²) in [6, 6.07) is -0.313. The molecule has 0 heterocycles.